The smallest absolute Gasteiger partial charge is 0.256 e. The fourth-order valence-corrected chi connectivity index (χ4v) is 3.39. The van der Waals surface area contributed by atoms with Crippen molar-refractivity contribution in [2.45, 2.75) is 0 Å². The molecule has 0 radical (unpaired) electrons. The average molecular weight is 415 g/mol. The molecule has 7 heteroatoms. The number of nitrogens with one attached hydrogen (secondary N) is 1. The van der Waals surface area contributed by atoms with Crippen LogP contribution >= 0.6 is 0 Å². The molecule has 4 aromatic rings. The minimum Gasteiger partial charge on any atom is -0.493 e. The van der Waals surface area contributed by atoms with Crippen LogP contribution in [0.15, 0.2) is 67.0 Å². The van der Waals surface area contributed by atoms with E-state index in [9.17, 15) is 4.79 Å². The molecule has 0 aliphatic carbocycles. The summed E-state index contributed by atoms with van der Waals surface area (Å²) in [5, 5.41) is 3.69. The van der Waals surface area contributed by atoms with E-state index >= 15 is 0 Å². The third-order valence-corrected chi connectivity index (χ3v) is 4.86. The SMILES string of the molecule is COc1cc(NC(=O)c2cc(-c3ccncc3)nc3ccccc23)cc(OC)c1OC. The predicted octanol–water partition coefficient (Wildman–Crippen LogP) is 4.57. The maximum atomic E-state index is 13.3. The van der Waals surface area contributed by atoms with Gasteiger partial charge in [0, 0.05) is 41.2 Å². The van der Waals surface area contributed by atoms with Crippen molar-refractivity contribution >= 4 is 22.5 Å². The van der Waals surface area contributed by atoms with E-state index < -0.39 is 0 Å². The van der Waals surface area contributed by atoms with Crippen molar-refractivity contribution in [2.24, 2.45) is 0 Å². The van der Waals surface area contributed by atoms with E-state index in [1.54, 1.807) is 30.6 Å². The molecule has 0 fully saturated rings. The Bertz CT molecular complexity index is 1220. The van der Waals surface area contributed by atoms with E-state index in [-0.39, 0.29) is 5.91 Å². The second-order valence-corrected chi connectivity index (χ2v) is 6.68. The van der Waals surface area contributed by atoms with Gasteiger partial charge >= 0.3 is 0 Å². The molecule has 0 aliphatic heterocycles. The lowest BCUT2D eigenvalue weighted by molar-refractivity contribution is 0.102. The van der Waals surface area contributed by atoms with Crippen molar-refractivity contribution in [3.63, 3.8) is 0 Å². The van der Waals surface area contributed by atoms with Crippen molar-refractivity contribution < 1.29 is 19.0 Å². The number of carbonyl (C=O) groups excluding carboxylic acids is 1. The molecule has 0 bridgehead atoms. The Morgan fingerprint density at radius 1 is 0.871 bits per heavy atom. The number of aromatic nitrogens is 2. The van der Waals surface area contributed by atoms with Crippen LogP contribution in [0, 0.1) is 0 Å². The van der Waals surface area contributed by atoms with E-state index in [1.807, 2.05) is 36.4 Å². The van der Waals surface area contributed by atoms with Gasteiger partial charge in [0.15, 0.2) is 11.5 Å². The number of amides is 1. The quantitative estimate of drug-likeness (QED) is 0.497. The van der Waals surface area contributed by atoms with Crippen molar-refractivity contribution in [1.82, 2.24) is 9.97 Å². The highest BCUT2D eigenvalue weighted by molar-refractivity contribution is 6.13. The van der Waals surface area contributed by atoms with Crippen molar-refractivity contribution in [2.75, 3.05) is 26.6 Å². The van der Waals surface area contributed by atoms with Gasteiger partial charge in [-0.05, 0) is 24.3 Å². The number of hydrogen-bond acceptors (Lipinski definition) is 6. The van der Waals surface area contributed by atoms with Crippen LogP contribution in [-0.2, 0) is 0 Å². The summed E-state index contributed by atoms with van der Waals surface area (Å²) in [7, 11) is 4.59. The molecule has 2 aromatic carbocycles. The summed E-state index contributed by atoms with van der Waals surface area (Å²) in [6.45, 7) is 0. The number of fused-ring (bicyclic) bond motifs is 1. The number of methoxy groups -OCH3 is 3. The first-order valence-electron chi connectivity index (χ1n) is 9.56. The van der Waals surface area contributed by atoms with Gasteiger partial charge in [0.2, 0.25) is 5.75 Å². The number of carbonyl (C=O) groups is 1. The molecular formula is C24H21N3O4. The van der Waals surface area contributed by atoms with E-state index in [0.717, 1.165) is 16.5 Å². The Morgan fingerprint density at radius 3 is 2.19 bits per heavy atom. The molecule has 0 spiro atoms. The van der Waals surface area contributed by atoms with E-state index in [4.69, 9.17) is 19.2 Å². The molecule has 0 saturated heterocycles. The van der Waals surface area contributed by atoms with Gasteiger partial charge in [-0.15, -0.1) is 0 Å². The number of nitrogens with zero attached hydrogens (tertiary/aromatic N) is 2. The Kier molecular flexibility index (Phi) is 5.66. The third kappa shape index (κ3) is 3.98. The fraction of sp³-hybridized carbons (Fsp3) is 0.125. The zero-order valence-electron chi connectivity index (χ0n) is 17.4. The number of para-hydroxylation sites is 1. The monoisotopic (exact) mass is 415 g/mol. The van der Waals surface area contributed by atoms with E-state index in [2.05, 4.69) is 10.3 Å². The van der Waals surface area contributed by atoms with Crippen molar-refractivity contribution in [3.8, 4) is 28.5 Å². The van der Waals surface area contributed by atoms with Crippen molar-refractivity contribution in [1.29, 1.82) is 0 Å². The number of ether oxygens (including phenoxy) is 3. The molecule has 31 heavy (non-hydrogen) atoms. The zero-order chi connectivity index (χ0) is 21.8. The van der Waals surface area contributed by atoms with Gasteiger partial charge in [-0.1, -0.05) is 18.2 Å². The van der Waals surface area contributed by atoms with Gasteiger partial charge in [0.05, 0.1) is 38.1 Å². The maximum Gasteiger partial charge on any atom is 0.256 e. The highest BCUT2D eigenvalue weighted by atomic mass is 16.5. The summed E-state index contributed by atoms with van der Waals surface area (Å²) in [6.07, 6.45) is 3.39. The Hall–Kier alpha value is -4.13. The summed E-state index contributed by atoms with van der Waals surface area (Å²) < 4.78 is 16.1. The van der Waals surface area contributed by atoms with Crippen LogP contribution in [0.4, 0.5) is 5.69 Å². The van der Waals surface area contributed by atoms with Gasteiger partial charge in [-0.3, -0.25) is 9.78 Å². The number of pyridine rings is 2. The van der Waals surface area contributed by atoms with Crippen LogP contribution in [0.5, 0.6) is 17.2 Å². The molecule has 4 rings (SSSR count). The largest absolute Gasteiger partial charge is 0.493 e. The second kappa shape index (κ2) is 8.71. The van der Waals surface area contributed by atoms with E-state index in [1.165, 1.54) is 21.3 Å². The lowest BCUT2D eigenvalue weighted by Crippen LogP contribution is -2.13. The number of benzene rings is 2. The molecule has 1 amide bonds. The van der Waals surface area contributed by atoms with Gasteiger partial charge < -0.3 is 19.5 Å². The first-order chi connectivity index (χ1) is 15.1. The molecule has 2 aromatic heterocycles. The van der Waals surface area contributed by atoms with Crippen LogP contribution in [0.3, 0.4) is 0 Å². The number of anilines is 1. The van der Waals surface area contributed by atoms with Crippen LogP contribution in [0.2, 0.25) is 0 Å². The fourth-order valence-electron chi connectivity index (χ4n) is 3.39. The van der Waals surface area contributed by atoms with Crippen LogP contribution in [-0.4, -0.2) is 37.2 Å². The Balaban J connectivity index is 1.78. The molecule has 0 saturated carbocycles. The van der Waals surface area contributed by atoms with Crippen LogP contribution in [0.25, 0.3) is 22.2 Å². The maximum absolute atomic E-state index is 13.3. The predicted molar refractivity (Wildman–Crippen MR) is 119 cm³/mol. The number of rotatable bonds is 6. The third-order valence-electron chi connectivity index (χ3n) is 4.86. The zero-order valence-corrected chi connectivity index (χ0v) is 17.4. The minimum absolute atomic E-state index is 0.275. The molecule has 0 aliphatic rings. The summed E-state index contributed by atoms with van der Waals surface area (Å²) in [5.74, 6) is 1.09. The highest BCUT2D eigenvalue weighted by Crippen LogP contribution is 2.40. The minimum atomic E-state index is -0.275. The van der Waals surface area contributed by atoms with Gasteiger partial charge in [-0.25, -0.2) is 4.98 Å². The molecule has 1 N–H and O–H groups in total. The van der Waals surface area contributed by atoms with Crippen molar-refractivity contribution in [3.05, 3.63) is 72.6 Å². The molecule has 0 atom stereocenters. The van der Waals surface area contributed by atoms with Crippen LogP contribution in [0.1, 0.15) is 10.4 Å². The standard InChI is InChI=1S/C24H21N3O4/c1-29-21-12-16(13-22(30-2)23(21)31-3)26-24(28)18-14-20(15-8-10-25-11-9-15)27-19-7-5-4-6-17(18)19/h4-14H,1-3H3,(H,26,28). The normalized spacial score (nSPS) is 10.5. The van der Waals surface area contributed by atoms with E-state index in [0.29, 0.717) is 34.2 Å². The molecule has 7 nitrogen and oxygen atoms in total. The summed E-state index contributed by atoms with van der Waals surface area (Å²) in [4.78, 5) is 22.1. The van der Waals surface area contributed by atoms with Gasteiger partial charge in [-0.2, -0.15) is 0 Å². The first-order valence-corrected chi connectivity index (χ1v) is 9.56. The topological polar surface area (TPSA) is 82.6 Å². The summed E-state index contributed by atoms with van der Waals surface area (Å²) in [5.41, 5.74) is 3.32. The summed E-state index contributed by atoms with van der Waals surface area (Å²) in [6, 6.07) is 16.4. The Morgan fingerprint density at radius 2 is 1.55 bits per heavy atom. The molecule has 2 heterocycles. The van der Waals surface area contributed by atoms with Crippen LogP contribution < -0.4 is 19.5 Å². The molecular weight excluding hydrogens is 394 g/mol. The van der Waals surface area contributed by atoms with Gasteiger partial charge in [0.25, 0.3) is 5.91 Å². The molecule has 0 unspecified atom stereocenters. The first kappa shape index (κ1) is 20.2. The second-order valence-electron chi connectivity index (χ2n) is 6.68. The molecule has 156 valence electrons. The lowest BCUT2D eigenvalue weighted by atomic mass is 10.0. The highest BCUT2D eigenvalue weighted by Gasteiger charge is 2.17. The average Bonchev–Trinajstić information content (AvgIpc) is 2.83. The van der Waals surface area contributed by atoms with Gasteiger partial charge in [0.1, 0.15) is 0 Å². The Labute approximate surface area is 179 Å². The summed E-state index contributed by atoms with van der Waals surface area (Å²) >= 11 is 0. The lowest BCUT2D eigenvalue weighted by Gasteiger charge is -2.15. The number of hydrogen-bond donors (Lipinski definition) is 1.